The van der Waals surface area contributed by atoms with Gasteiger partial charge in [0.25, 0.3) is 0 Å². The number of hydrogen-bond acceptors (Lipinski definition) is 2. The van der Waals surface area contributed by atoms with Crippen molar-refractivity contribution >= 4 is 0 Å². The molecule has 2 aromatic rings. The van der Waals surface area contributed by atoms with Crippen LogP contribution >= 0.6 is 0 Å². The lowest BCUT2D eigenvalue weighted by molar-refractivity contribution is 0.376. The lowest BCUT2D eigenvalue weighted by Crippen LogP contribution is -2.23. The van der Waals surface area contributed by atoms with Crippen LogP contribution in [0.3, 0.4) is 0 Å². The molecule has 0 amide bonds. The van der Waals surface area contributed by atoms with Gasteiger partial charge in [-0.05, 0) is 43.2 Å². The molecule has 1 heterocycles. The molecule has 1 aromatic carbocycles. The molecule has 18 heavy (non-hydrogen) atoms. The average molecular weight is 247 g/mol. The van der Waals surface area contributed by atoms with Crippen LogP contribution in [-0.4, -0.2) is 0 Å². The summed E-state index contributed by atoms with van der Waals surface area (Å²) in [6.45, 7) is 4.12. The molecule has 0 aliphatic carbocycles. The second-order valence-electron chi connectivity index (χ2n) is 4.42. The van der Waals surface area contributed by atoms with E-state index in [2.05, 4.69) is 12.2 Å². The Morgan fingerprint density at radius 3 is 2.72 bits per heavy atom. The Balaban J connectivity index is 2.08. The van der Waals surface area contributed by atoms with Crippen LogP contribution in [-0.2, 0) is 0 Å². The molecule has 1 unspecified atom stereocenters. The van der Waals surface area contributed by atoms with Gasteiger partial charge in [0.15, 0.2) is 0 Å². The van der Waals surface area contributed by atoms with E-state index in [9.17, 15) is 4.39 Å². The Kier molecular flexibility index (Phi) is 4.15. The summed E-state index contributed by atoms with van der Waals surface area (Å²) in [5.41, 5.74) is 0.944. The normalized spacial score (nSPS) is 14.4. The predicted octanol–water partition coefficient (Wildman–Crippen LogP) is 4.22. The molecule has 0 saturated heterocycles. The third kappa shape index (κ3) is 2.99. The maximum absolute atomic E-state index is 13.2. The van der Waals surface area contributed by atoms with Gasteiger partial charge >= 0.3 is 0 Å². The fraction of sp³-hybridized carbons (Fsp3) is 0.333. The van der Waals surface area contributed by atoms with E-state index in [0.29, 0.717) is 0 Å². The van der Waals surface area contributed by atoms with E-state index >= 15 is 0 Å². The maximum atomic E-state index is 13.2. The molecule has 3 heteroatoms. The quantitative estimate of drug-likeness (QED) is 0.855. The van der Waals surface area contributed by atoms with E-state index in [1.807, 2.05) is 25.1 Å². The second kappa shape index (κ2) is 5.83. The molecule has 2 atom stereocenters. The number of halogens is 1. The fourth-order valence-corrected chi connectivity index (χ4v) is 2.06. The summed E-state index contributed by atoms with van der Waals surface area (Å²) >= 11 is 0. The maximum Gasteiger partial charge on any atom is 0.123 e. The summed E-state index contributed by atoms with van der Waals surface area (Å²) in [6, 6.07) is 10.7. The lowest BCUT2D eigenvalue weighted by Gasteiger charge is -2.21. The molecule has 0 bridgehead atoms. The molecule has 96 valence electrons. The first kappa shape index (κ1) is 12.8. The van der Waals surface area contributed by atoms with E-state index < -0.39 is 0 Å². The van der Waals surface area contributed by atoms with Crippen LogP contribution in [0, 0.1) is 5.82 Å². The molecule has 2 rings (SSSR count). The smallest absolute Gasteiger partial charge is 0.123 e. The molecule has 1 aromatic heterocycles. The van der Waals surface area contributed by atoms with Gasteiger partial charge in [0.1, 0.15) is 11.6 Å². The summed E-state index contributed by atoms with van der Waals surface area (Å²) in [5, 5.41) is 3.45. The summed E-state index contributed by atoms with van der Waals surface area (Å²) < 4.78 is 18.6. The van der Waals surface area contributed by atoms with Crippen molar-refractivity contribution in [3.63, 3.8) is 0 Å². The zero-order valence-corrected chi connectivity index (χ0v) is 10.7. The first-order chi connectivity index (χ1) is 8.70. The highest BCUT2D eigenvalue weighted by Crippen LogP contribution is 2.22. The van der Waals surface area contributed by atoms with Crippen molar-refractivity contribution in [2.75, 3.05) is 0 Å². The topological polar surface area (TPSA) is 25.2 Å². The first-order valence-corrected chi connectivity index (χ1v) is 6.25. The van der Waals surface area contributed by atoms with E-state index in [-0.39, 0.29) is 17.9 Å². The first-order valence-electron chi connectivity index (χ1n) is 6.25. The standard InChI is InChI=1S/C15H18FNO/c1-3-14(15-8-5-9-18-15)17-11(2)12-6-4-7-13(16)10-12/h4-11,14,17H,3H2,1-2H3/t11-,14?/m0/s1. The largest absolute Gasteiger partial charge is 0.468 e. The van der Waals surface area contributed by atoms with Crippen LogP contribution in [0.5, 0.6) is 0 Å². The summed E-state index contributed by atoms with van der Waals surface area (Å²) in [6.07, 6.45) is 2.60. The van der Waals surface area contributed by atoms with Gasteiger partial charge < -0.3 is 9.73 Å². The van der Waals surface area contributed by atoms with Gasteiger partial charge in [0.05, 0.1) is 12.3 Å². The van der Waals surface area contributed by atoms with Gasteiger partial charge in [-0.2, -0.15) is 0 Å². The van der Waals surface area contributed by atoms with Crippen molar-refractivity contribution in [3.8, 4) is 0 Å². The molecule has 0 radical (unpaired) electrons. The molecule has 0 saturated carbocycles. The van der Waals surface area contributed by atoms with Gasteiger partial charge in [-0.3, -0.25) is 0 Å². The van der Waals surface area contributed by atoms with E-state index in [0.717, 1.165) is 17.7 Å². The molecule has 2 nitrogen and oxygen atoms in total. The number of furan rings is 1. The van der Waals surface area contributed by atoms with Crippen molar-refractivity contribution in [1.29, 1.82) is 0 Å². The van der Waals surface area contributed by atoms with Gasteiger partial charge in [0, 0.05) is 6.04 Å². The molecule has 0 spiro atoms. The predicted molar refractivity (Wildman–Crippen MR) is 69.7 cm³/mol. The Hall–Kier alpha value is -1.61. The highest BCUT2D eigenvalue weighted by Gasteiger charge is 2.15. The SMILES string of the molecule is CCC(N[C@@H](C)c1cccc(F)c1)c1ccco1. The Bertz CT molecular complexity index is 481. The second-order valence-corrected chi connectivity index (χ2v) is 4.42. The monoisotopic (exact) mass is 247 g/mol. The Morgan fingerprint density at radius 1 is 1.28 bits per heavy atom. The molecule has 0 fully saturated rings. The van der Waals surface area contributed by atoms with Crippen LogP contribution in [0.15, 0.2) is 47.1 Å². The van der Waals surface area contributed by atoms with Gasteiger partial charge in [-0.15, -0.1) is 0 Å². The molecular weight excluding hydrogens is 229 g/mol. The van der Waals surface area contributed by atoms with Crippen LogP contribution in [0.1, 0.15) is 43.7 Å². The van der Waals surface area contributed by atoms with Crippen LogP contribution < -0.4 is 5.32 Å². The summed E-state index contributed by atoms with van der Waals surface area (Å²) in [4.78, 5) is 0. The summed E-state index contributed by atoms with van der Waals surface area (Å²) in [5.74, 6) is 0.716. The molecular formula is C15H18FNO. The van der Waals surface area contributed by atoms with E-state index in [1.54, 1.807) is 18.4 Å². The number of nitrogens with one attached hydrogen (secondary N) is 1. The Labute approximate surface area is 107 Å². The van der Waals surface area contributed by atoms with Gasteiger partial charge in [0.2, 0.25) is 0 Å². The van der Waals surface area contributed by atoms with E-state index in [1.165, 1.54) is 6.07 Å². The highest BCUT2D eigenvalue weighted by molar-refractivity contribution is 5.20. The van der Waals surface area contributed by atoms with E-state index in [4.69, 9.17) is 4.42 Å². The number of rotatable bonds is 5. The third-order valence-corrected chi connectivity index (χ3v) is 3.09. The molecule has 0 aliphatic rings. The minimum atomic E-state index is -0.202. The van der Waals surface area contributed by atoms with Crippen LogP contribution in [0.2, 0.25) is 0 Å². The molecule has 1 N–H and O–H groups in total. The number of hydrogen-bond donors (Lipinski definition) is 1. The zero-order valence-electron chi connectivity index (χ0n) is 10.7. The van der Waals surface area contributed by atoms with Crippen molar-refractivity contribution < 1.29 is 8.81 Å². The summed E-state index contributed by atoms with van der Waals surface area (Å²) in [7, 11) is 0. The fourth-order valence-electron chi connectivity index (χ4n) is 2.06. The highest BCUT2D eigenvalue weighted by atomic mass is 19.1. The third-order valence-electron chi connectivity index (χ3n) is 3.09. The van der Waals surface area contributed by atoms with Gasteiger partial charge in [-0.1, -0.05) is 19.1 Å². The van der Waals surface area contributed by atoms with Gasteiger partial charge in [-0.25, -0.2) is 4.39 Å². The van der Waals surface area contributed by atoms with Crippen molar-refractivity contribution in [2.24, 2.45) is 0 Å². The van der Waals surface area contributed by atoms with Crippen LogP contribution in [0.25, 0.3) is 0 Å². The Morgan fingerprint density at radius 2 is 2.11 bits per heavy atom. The number of benzene rings is 1. The molecule has 0 aliphatic heterocycles. The van der Waals surface area contributed by atoms with Crippen LogP contribution in [0.4, 0.5) is 4.39 Å². The van der Waals surface area contributed by atoms with Crippen molar-refractivity contribution in [3.05, 3.63) is 59.8 Å². The lowest BCUT2D eigenvalue weighted by atomic mass is 10.1. The van der Waals surface area contributed by atoms with Crippen molar-refractivity contribution in [1.82, 2.24) is 5.32 Å². The average Bonchev–Trinajstić information content (AvgIpc) is 2.89. The van der Waals surface area contributed by atoms with Crippen molar-refractivity contribution in [2.45, 2.75) is 32.4 Å². The minimum Gasteiger partial charge on any atom is -0.468 e. The zero-order chi connectivity index (χ0) is 13.0. The minimum absolute atomic E-state index is 0.0794.